The largest absolute Gasteiger partial charge is 0.337 e. The third kappa shape index (κ3) is 5.91. The van der Waals surface area contributed by atoms with E-state index in [0.29, 0.717) is 11.4 Å². The molecule has 0 atom stereocenters. The highest BCUT2D eigenvalue weighted by molar-refractivity contribution is 7.89. The molecule has 0 aliphatic heterocycles. The van der Waals surface area contributed by atoms with Crippen molar-refractivity contribution in [2.45, 2.75) is 50.0 Å². The lowest BCUT2D eigenvalue weighted by molar-refractivity contribution is 0.545. The first kappa shape index (κ1) is 19.6. The Labute approximate surface area is 161 Å². The number of aryl methyl sites for hydroxylation is 1. The summed E-state index contributed by atoms with van der Waals surface area (Å²) in [6, 6.07) is 13.0. The van der Waals surface area contributed by atoms with Gasteiger partial charge in [-0.25, -0.2) is 18.1 Å². The Morgan fingerprint density at radius 3 is 2.41 bits per heavy atom. The number of sulfonamides is 1. The summed E-state index contributed by atoms with van der Waals surface area (Å²) in [7, 11) is -3.44. The minimum Gasteiger partial charge on any atom is -0.337 e. The fourth-order valence-electron chi connectivity index (χ4n) is 3.17. The predicted molar refractivity (Wildman–Crippen MR) is 109 cm³/mol. The van der Waals surface area contributed by atoms with Crippen molar-refractivity contribution in [2.75, 3.05) is 6.54 Å². The van der Waals surface area contributed by atoms with Crippen molar-refractivity contribution >= 4 is 20.8 Å². The molecule has 0 aliphatic carbocycles. The number of hydrogen-bond acceptors (Lipinski definition) is 3. The molecule has 0 fully saturated rings. The Bertz CT molecular complexity index is 937. The smallest absolute Gasteiger partial charge is 0.240 e. The van der Waals surface area contributed by atoms with Crippen molar-refractivity contribution < 1.29 is 8.42 Å². The molecule has 5 nitrogen and oxygen atoms in total. The molecule has 0 saturated carbocycles. The number of fused-ring (bicyclic) bond motifs is 1. The minimum absolute atomic E-state index is 0.334. The zero-order valence-corrected chi connectivity index (χ0v) is 16.4. The zero-order chi connectivity index (χ0) is 19.0. The van der Waals surface area contributed by atoms with Crippen LogP contribution in [-0.4, -0.2) is 24.5 Å². The maximum Gasteiger partial charge on any atom is 0.240 e. The lowest BCUT2D eigenvalue weighted by atomic mass is 10.1. The number of nitrogens with zero attached hydrogens (tertiary/aromatic N) is 2. The van der Waals surface area contributed by atoms with Crippen LogP contribution in [0.4, 0.5) is 0 Å². The Balaban J connectivity index is 1.33. The number of unbranched alkanes of at least 4 members (excludes halogenated alkanes) is 5. The average Bonchev–Trinajstić information content (AvgIpc) is 3.19. The molecule has 2 aromatic carbocycles. The van der Waals surface area contributed by atoms with Crippen LogP contribution < -0.4 is 4.72 Å². The molecule has 1 heterocycles. The van der Waals surface area contributed by atoms with Gasteiger partial charge in [0.05, 0.1) is 11.2 Å². The number of imidazole rings is 1. The molecular formula is C21H27N3O2S. The van der Waals surface area contributed by atoms with Crippen LogP contribution in [0.15, 0.2) is 66.1 Å². The molecule has 0 unspecified atom stereocenters. The number of benzene rings is 2. The van der Waals surface area contributed by atoms with Gasteiger partial charge in [0, 0.05) is 25.5 Å². The van der Waals surface area contributed by atoms with E-state index in [1.54, 1.807) is 18.3 Å². The summed E-state index contributed by atoms with van der Waals surface area (Å²) in [5.74, 6) is 0. The molecule has 0 amide bonds. The number of hydrogen-bond donors (Lipinski definition) is 1. The van der Waals surface area contributed by atoms with Crippen molar-refractivity contribution in [1.29, 1.82) is 0 Å². The first-order valence-corrected chi connectivity index (χ1v) is 11.1. The standard InChI is InChI=1S/C21H27N3O2S/c25-27(26,21-12-11-19-9-5-6-10-20(19)17-21)23-13-7-3-1-2-4-8-15-24-16-14-22-18-24/h5-6,9-12,14,16-18,23H,1-4,7-8,13,15H2. The second kappa shape index (κ2) is 9.67. The molecule has 0 aliphatic rings. The van der Waals surface area contributed by atoms with Crippen LogP contribution in [0.3, 0.4) is 0 Å². The zero-order valence-electron chi connectivity index (χ0n) is 15.5. The lowest BCUT2D eigenvalue weighted by Gasteiger charge is -2.08. The van der Waals surface area contributed by atoms with Gasteiger partial charge >= 0.3 is 0 Å². The molecule has 3 aromatic rings. The van der Waals surface area contributed by atoms with Crippen molar-refractivity contribution in [1.82, 2.24) is 14.3 Å². The van der Waals surface area contributed by atoms with E-state index in [1.165, 1.54) is 12.8 Å². The van der Waals surface area contributed by atoms with E-state index >= 15 is 0 Å². The molecule has 0 spiro atoms. The highest BCUT2D eigenvalue weighted by Crippen LogP contribution is 2.18. The lowest BCUT2D eigenvalue weighted by Crippen LogP contribution is -2.24. The third-order valence-electron chi connectivity index (χ3n) is 4.73. The summed E-state index contributed by atoms with van der Waals surface area (Å²) in [5.41, 5.74) is 0. The average molecular weight is 386 g/mol. The molecule has 3 rings (SSSR count). The maximum absolute atomic E-state index is 12.4. The molecule has 27 heavy (non-hydrogen) atoms. The predicted octanol–water partition coefficient (Wildman–Crippen LogP) is 4.36. The van der Waals surface area contributed by atoms with Crippen LogP contribution in [0.25, 0.3) is 10.8 Å². The van der Waals surface area contributed by atoms with E-state index in [-0.39, 0.29) is 0 Å². The number of aromatic nitrogens is 2. The monoisotopic (exact) mass is 385 g/mol. The summed E-state index contributed by atoms with van der Waals surface area (Å²) in [4.78, 5) is 4.37. The molecule has 144 valence electrons. The Morgan fingerprint density at radius 2 is 1.63 bits per heavy atom. The van der Waals surface area contributed by atoms with Crippen molar-refractivity contribution in [3.63, 3.8) is 0 Å². The van der Waals surface area contributed by atoms with Gasteiger partial charge in [-0.15, -0.1) is 0 Å². The van der Waals surface area contributed by atoms with Crippen LogP contribution in [0.5, 0.6) is 0 Å². The maximum atomic E-state index is 12.4. The van der Waals surface area contributed by atoms with Gasteiger partial charge in [-0.3, -0.25) is 0 Å². The van der Waals surface area contributed by atoms with E-state index in [4.69, 9.17) is 0 Å². The summed E-state index contributed by atoms with van der Waals surface area (Å²) in [6.07, 6.45) is 12.2. The van der Waals surface area contributed by atoms with Crippen molar-refractivity contribution in [3.05, 3.63) is 61.2 Å². The van der Waals surface area contributed by atoms with Crippen LogP contribution in [-0.2, 0) is 16.6 Å². The molecule has 0 radical (unpaired) electrons. The number of rotatable bonds is 11. The normalized spacial score (nSPS) is 11.9. The van der Waals surface area contributed by atoms with Gasteiger partial charge in [0.1, 0.15) is 0 Å². The Kier molecular flexibility index (Phi) is 7.01. The van der Waals surface area contributed by atoms with Crippen molar-refractivity contribution in [3.8, 4) is 0 Å². The first-order chi connectivity index (χ1) is 13.1. The highest BCUT2D eigenvalue weighted by atomic mass is 32.2. The third-order valence-corrected chi connectivity index (χ3v) is 6.18. The van der Waals surface area contributed by atoms with Crippen LogP contribution in [0, 0.1) is 0 Å². The van der Waals surface area contributed by atoms with Gasteiger partial charge in [-0.2, -0.15) is 0 Å². The summed E-state index contributed by atoms with van der Waals surface area (Å²) in [6.45, 7) is 1.51. The van der Waals surface area contributed by atoms with E-state index < -0.39 is 10.0 Å². The van der Waals surface area contributed by atoms with Crippen LogP contribution in [0.1, 0.15) is 38.5 Å². The molecule has 6 heteroatoms. The van der Waals surface area contributed by atoms with Crippen molar-refractivity contribution in [2.24, 2.45) is 0 Å². The summed E-state index contributed by atoms with van der Waals surface area (Å²) >= 11 is 0. The SMILES string of the molecule is O=S(=O)(NCCCCCCCCn1ccnc1)c1ccc2ccccc2c1. The van der Waals surface area contributed by atoms with Gasteiger partial charge in [0.15, 0.2) is 0 Å². The quantitative estimate of drug-likeness (QED) is 0.499. The summed E-state index contributed by atoms with van der Waals surface area (Å²) in [5, 5.41) is 1.99. The van der Waals surface area contributed by atoms with Gasteiger partial charge in [0.2, 0.25) is 10.0 Å². The van der Waals surface area contributed by atoms with Crippen LogP contribution in [0.2, 0.25) is 0 Å². The van der Waals surface area contributed by atoms with E-state index in [9.17, 15) is 8.42 Å². The topological polar surface area (TPSA) is 64.0 Å². The van der Waals surface area contributed by atoms with E-state index in [0.717, 1.165) is 43.0 Å². The fraction of sp³-hybridized carbons (Fsp3) is 0.381. The minimum atomic E-state index is -3.44. The second-order valence-electron chi connectivity index (χ2n) is 6.83. The second-order valence-corrected chi connectivity index (χ2v) is 8.60. The molecule has 1 aromatic heterocycles. The van der Waals surface area contributed by atoms with Gasteiger partial charge in [-0.1, -0.05) is 56.0 Å². The van der Waals surface area contributed by atoms with E-state index in [1.807, 2.05) is 42.9 Å². The van der Waals surface area contributed by atoms with Gasteiger partial charge < -0.3 is 4.57 Å². The van der Waals surface area contributed by atoms with Gasteiger partial charge in [-0.05, 0) is 35.7 Å². The van der Waals surface area contributed by atoms with E-state index in [2.05, 4.69) is 14.3 Å². The Hall–Kier alpha value is -2.18. The van der Waals surface area contributed by atoms with Crippen LogP contribution >= 0.6 is 0 Å². The number of nitrogens with one attached hydrogen (secondary N) is 1. The molecule has 0 bridgehead atoms. The fourth-order valence-corrected chi connectivity index (χ4v) is 4.28. The highest BCUT2D eigenvalue weighted by Gasteiger charge is 2.13. The first-order valence-electron chi connectivity index (χ1n) is 9.59. The molecular weight excluding hydrogens is 358 g/mol. The molecule has 0 saturated heterocycles. The van der Waals surface area contributed by atoms with Gasteiger partial charge in [0.25, 0.3) is 0 Å². The Morgan fingerprint density at radius 1 is 0.889 bits per heavy atom. The molecule has 1 N–H and O–H groups in total. The summed E-state index contributed by atoms with van der Waals surface area (Å²) < 4.78 is 29.7.